The van der Waals surface area contributed by atoms with E-state index < -0.39 is 30.5 Å². The third kappa shape index (κ3) is 13.6. The monoisotopic (exact) mass is 884 g/mol. The Morgan fingerprint density at radius 1 is 0.585 bits per heavy atom. The number of hydrogen-bond acceptors (Lipinski definition) is 7. The van der Waals surface area contributed by atoms with Crippen LogP contribution in [0.3, 0.4) is 0 Å². The molecule has 334 valence electrons. The van der Waals surface area contributed by atoms with Crippen LogP contribution >= 0.6 is 0 Å². The summed E-state index contributed by atoms with van der Waals surface area (Å²) < 4.78 is 47.1. The summed E-state index contributed by atoms with van der Waals surface area (Å²) in [6.45, 7) is 0.542. The van der Waals surface area contributed by atoms with Crippen LogP contribution in [0, 0.1) is 23.7 Å². The number of nitrogens with one attached hydrogen (secondary N) is 2. The first-order valence-electron chi connectivity index (χ1n) is 20.3. The normalized spacial score (nSPS) is 11.8. The Kier molecular flexibility index (Phi) is 17.1. The van der Waals surface area contributed by atoms with Gasteiger partial charge in [0.2, 0.25) is 17.7 Å². The third-order valence-corrected chi connectivity index (χ3v) is 10.0. The second-order valence-electron chi connectivity index (χ2n) is 14.4. The van der Waals surface area contributed by atoms with E-state index in [0.29, 0.717) is 17.8 Å². The van der Waals surface area contributed by atoms with Crippen LogP contribution in [-0.4, -0.2) is 56.0 Å². The van der Waals surface area contributed by atoms with E-state index in [1.165, 1.54) is 4.90 Å². The Morgan fingerprint density at radius 3 is 1.52 bits per heavy atom. The average molecular weight is 885 g/mol. The van der Waals surface area contributed by atoms with E-state index in [0.717, 1.165) is 44.8 Å². The Bertz CT molecular complexity index is 2640. The average Bonchev–Trinajstić information content (AvgIpc) is 3.29. The highest BCUT2D eigenvalue weighted by Crippen LogP contribution is 2.27. The van der Waals surface area contributed by atoms with Crippen molar-refractivity contribution < 1.29 is 46.6 Å². The number of esters is 1. The molecule has 0 atom stereocenters. The van der Waals surface area contributed by atoms with Gasteiger partial charge in [-0.25, -0.2) is 0 Å². The van der Waals surface area contributed by atoms with Crippen molar-refractivity contribution in [2.24, 2.45) is 0 Å². The lowest BCUT2D eigenvalue weighted by Crippen LogP contribution is -2.40. The van der Waals surface area contributed by atoms with Crippen LogP contribution in [-0.2, 0) is 48.4 Å². The number of ether oxygens (including phenoxy) is 2. The number of methoxy groups -OCH3 is 1. The Morgan fingerprint density at radius 2 is 1.03 bits per heavy atom. The Labute approximate surface area is 375 Å². The quantitative estimate of drug-likeness (QED) is 0.0974. The molecule has 0 saturated carbocycles. The van der Waals surface area contributed by atoms with Crippen LogP contribution in [0.5, 0.6) is 5.75 Å². The van der Waals surface area contributed by atoms with Gasteiger partial charge in [0.25, 0.3) is 0 Å². The zero-order valence-corrected chi connectivity index (χ0v) is 34.8. The lowest BCUT2D eigenvalue weighted by Gasteiger charge is -2.26. The molecule has 11 nitrogen and oxygen atoms in total. The first-order valence-corrected chi connectivity index (χ1v) is 20.3. The Hall–Kier alpha value is -7.84. The maximum Gasteiger partial charge on any atom is 0.471 e. The topological polar surface area (TPSA) is 134 Å². The number of rotatable bonds is 12. The SMILES string of the molecule is C.COc1ccc(COC(=O)CCC(=O)NCCC(=O)N2Cc3ccccc3C#Cc3ccccc32)cc1.O=C(CCNC(=O)C(F)(F)F)N1Cc2ccccc2C#Cc2ccccc21. The number of benzene rings is 5. The summed E-state index contributed by atoms with van der Waals surface area (Å²) in [5, 5.41) is 4.45. The smallest absolute Gasteiger partial charge is 0.471 e. The summed E-state index contributed by atoms with van der Waals surface area (Å²) in [7, 11) is 1.58. The van der Waals surface area contributed by atoms with E-state index in [1.807, 2.05) is 84.9 Å². The standard InChI is InChI=1S/C30H28N2O5.C20H15F3N2O2.CH4/c1-36-26-14-10-22(11-15-26)21-37-30(35)17-16-28(33)31-19-18-29(34)32-20-25-8-3-2-6-23(25)12-13-24-7-4-5-9-27(24)32;21-20(22,23)19(27)24-12-11-18(26)25-13-16-7-2-1-5-14(16)9-10-15-6-3-4-8-17(15)25;/h2-11,14-15H,16-21H2,1H3,(H,31,33);1-8H,11-13H2,(H,24,27);1H4. The van der Waals surface area contributed by atoms with Crippen LogP contribution in [0.15, 0.2) is 121 Å². The minimum absolute atomic E-state index is 0. The maximum absolute atomic E-state index is 13.2. The van der Waals surface area contributed by atoms with Crippen LogP contribution in [0.2, 0.25) is 0 Å². The van der Waals surface area contributed by atoms with E-state index in [1.54, 1.807) is 53.7 Å². The van der Waals surface area contributed by atoms with Crippen molar-refractivity contribution in [3.05, 3.63) is 160 Å². The third-order valence-electron chi connectivity index (χ3n) is 10.0. The molecule has 0 aliphatic carbocycles. The van der Waals surface area contributed by atoms with E-state index in [2.05, 4.69) is 29.0 Å². The fourth-order valence-corrected chi connectivity index (χ4v) is 6.64. The van der Waals surface area contributed by atoms with Crippen LogP contribution in [0.1, 0.15) is 72.1 Å². The number of nitrogens with zero attached hydrogens (tertiary/aromatic N) is 2. The summed E-state index contributed by atoms with van der Waals surface area (Å²) in [5.41, 5.74) is 7.09. The molecule has 0 aromatic heterocycles. The molecule has 0 fully saturated rings. The predicted octanol–water partition coefficient (Wildman–Crippen LogP) is 7.61. The number of anilines is 2. The highest BCUT2D eigenvalue weighted by atomic mass is 19.4. The van der Waals surface area contributed by atoms with Gasteiger partial charge in [-0.15, -0.1) is 0 Å². The zero-order chi connectivity index (χ0) is 45.5. The fraction of sp³-hybridized carbons (Fsp3) is 0.235. The van der Waals surface area contributed by atoms with Gasteiger partial charge >= 0.3 is 18.1 Å². The van der Waals surface area contributed by atoms with Crippen molar-refractivity contribution in [3.63, 3.8) is 0 Å². The molecule has 0 bridgehead atoms. The molecule has 0 spiro atoms. The van der Waals surface area contributed by atoms with E-state index >= 15 is 0 Å². The summed E-state index contributed by atoms with van der Waals surface area (Å²) in [5.74, 6) is 9.87. The van der Waals surface area contributed by atoms with Crippen molar-refractivity contribution in [1.82, 2.24) is 10.6 Å². The molecule has 2 heterocycles. The molecule has 2 aliphatic rings. The number of hydrogen-bond donors (Lipinski definition) is 2. The van der Waals surface area contributed by atoms with Crippen LogP contribution < -0.4 is 25.2 Å². The van der Waals surface area contributed by atoms with E-state index in [-0.39, 0.29) is 64.6 Å². The van der Waals surface area contributed by atoms with Gasteiger partial charge in [-0.1, -0.05) is 104 Å². The summed E-state index contributed by atoms with van der Waals surface area (Å²) in [4.78, 5) is 64.3. The number of carbonyl (C=O) groups is 5. The van der Waals surface area contributed by atoms with Crippen molar-refractivity contribution in [1.29, 1.82) is 0 Å². The first-order chi connectivity index (χ1) is 30.9. The van der Waals surface area contributed by atoms with Crippen LogP contribution in [0.25, 0.3) is 0 Å². The van der Waals surface area contributed by atoms with Gasteiger partial charge in [0.15, 0.2) is 0 Å². The fourth-order valence-electron chi connectivity index (χ4n) is 6.64. The molecule has 4 amide bonds. The number of carbonyl (C=O) groups excluding carboxylic acids is 5. The Balaban J connectivity index is 0.000000252. The van der Waals surface area contributed by atoms with E-state index in [9.17, 15) is 37.1 Å². The zero-order valence-electron chi connectivity index (χ0n) is 34.8. The second-order valence-corrected chi connectivity index (χ2v) is 14.4. The van der Waals surface area contributed by atoms with Gasteiger partial charge in [-0.3, -0.25) is 24.0 Å². The molecule has 5 aromatic rings. The molecule has 0 radical (unpaired) electrons. The molecule has 65 heavy (non-hydrogen) atoms. The van der Waals surface area contributed by atoms with Gasteiger partial charge in [0.05, 0.1) is 38.0 Å². The molecular formula is C51H47F3N4O7. The van der Waals surface area contributed by atoms with Crippen molar-refractivity contribution >= 4 is 41.0 Å². The van der Waals surface area contributed by atoms with E-state index in [4.69, 9.17) is 9.47 Å². The second kappa shape index (κ2) is 23.0. The molecule has 0 unspecified atom stereocenters. The largest absolute Gasteiger partial charge is 0.497 e. The lowest BCUT2D eigenvalue weighted by molar-refractivity contribution is -0.173. The van der Waals surface area contributed by atoms with Crippen LogP contribution in [0.4, 0.5) is 24.5 Å². The summed E-state index contributed by atoms with van der Waals surface area (Å²) in [6.07, 6.45) is -5.15. The number of alkyl halides is 3. The highest BCUT2D eigenvalue weighted by Gasteiger charge is 2.38. The molecule has 0 saturated heterocycles. The van der Waals surface area contributed by atoms with Crippen molar-refractivity contribution in [2.75, 3.05) is 30.0 Å². The van der Waals surface area contributed by atoms with Gasteiger partial charge in [0.1, 0.15) is 12.4 Å². The van der Waals surface area contributed by atoms with Gasteiger partial charge in [0, 0.05) is 54.6 Å². The molecule has 2 aliphatic heterocycles. The minimum atomic E-state index is -4.97. The molecule has 14 heteroatoms. The molecule has 2 N–H and O–H groups in total. The van der Waals surface area contributed by atoms with Gasteiger partial charge < -0.3 is 29.9 Å². The van der Waals surface area contributed by atoms with Crippen molar-refractivity contribution in [3.8, 4) is 29.4 Å². The number of amides is 4. The number of para-hydroxylation sites is 2. The molecule has 5 aromatic carbocycles. The van der Waals surface area contributed by atoms with Gasteiger partial charge in [-0.05, 0) is 65.2 Å². The van der Waals surface area contributed by atoms with Crippen molar-refractivity contribution in [2.45, 2.75) is 59.0 Å². The molecule has 7 rings (SSSR count). The first kappa shape index (κ1) is 48.2. The molecular weight excluding hydrogens is 838 g/mol. The predicted molar refractivity (Wildman–Crippen MR) is 240 cm³/mol. The maximum atomic E-state index is 13.2. The summed E-state index contributed by atoms with van der Waals surface area (Å²) in [6, 6.07) is 37.0. The number of fused-ring (bicyclic) bond motifs is 4. The minimum Gasteiger partial charge on any atom is -0.497 e. The van der Waals surface area contributed by atoms with Gasteiger partial charge in [-0.2, -0.15) is 13.2 Å². The lowest BCUT2D eigenvalue weighted by atomic mass is 10.0. The summed E-state index contributed by atoms with van der Waals surface area (Å²) >= 11 is 0. The number of halogens is 3. The highest BCUT2D eigenvalue weighted by molar-refractivity contribution is 5.96.